The molecule has 1 aromatic rings. The third-order valence-corrected chi connectivity index (χ3v) is 4.70. The van der Waals surface area contributed by atoms with Gasteiger partial charge in [0.15, 0.2) is 0 Å². The van der Waals surface area contributed by atoms with Crippen LogP contribution in [0.4, 0.5) is 5.69 Å². The lowest BCUT2D eigenvalue weighted by Crippen LogP contribution is -2.47. The van der Waals surface area contributed by atoms with E-state index in [2.05, 4.69) is 40.7 Å². The van der Waals surface area contributed by atoms with Crippen molar-refractivity contribution in [1.29, 1.82) is 0 Å². The van der Waals surface area contributed by atoms with Crippen molar-refractivity contribution in [3.05, 3.63) is 29.8 Å². The Morgan fingerprint density at radius 2 is 2.14 bits per heavy atom. The summed E-state index contributed by atoms with van der Waals surface area (Å²) < 4.78 is 0. The molecule has 1 fully saturated rings. The lowest BCUT2D eigenvalue weighted by atomic mass is 9.97. The average Bonchev–Trinajstić information content (AvgIpc) is 3.06. The van der Waals surface area contributed by atoms with Crippen LogP contribution in [0.5, 0.6) is 0 Å². The van der Waals surface area contributed by atoms with Crippen molar-refractivity contribution in [2.24, 2.45) is 0 Å². The Morgan fingerprint density at radius 3 is 2.95 bits per heavy atom. The molecule has 1 saturated heterocycles. The van der Waals surface area contributed by atoms with Gasteiger partial charge < -0.3 is 10.6 Å². The third-order valence-electron chi connectivity index (χ3n) is 4.70. The fourth-order valence-corrected chi connectivity index (χ4v) is 3.32. The summed E-state index contributed by atoms with van der Waals surface area (Å²) in [5, 5.41) is 6.48. The molecule has 2 aliphatic heterocycles. The molecule has 2 unspecified atom stereocenters. The number of nitrogens with one attached hydrogen (secondary N) is 2. The molecule has 0 saturated carbocycles. The first kappa shape index (κ1) is 14.4. The Kier molecular flexibility index (Phi) is 4.44. The van der Waals surface area contributed by atoms with Crippen molar-refractivity contribution in [2.75, 3.05) is 25.0 Å². The molecule has 21 heavy (non-hydrogen) atoms. The van der Waals surface area contributed by atoms with Crippen LogP contribution in [0.3, 0.4) is 0 Å². The SMILES string of the molecule is CC(CNC(=O)C1CCc2ccccc2N1)N1CCCC1. The molecule has 114 valence electrons. The highest BCUT2D eigenvalue weighted by atomic mass is 16.2. The van der Waals surface area contributed by atoms with E-state index in [1.165, 1.54) is 31.5 Å². The van der Waals surface area contributed by atoms with E-state index >= 15 is 0 Å². The molecule has 0 spiro atoms. The van der Waals surface area contributed by atoms with Crippen LogP contribution >= 0.6 is 0 Å². The minimum Gasteiger partial charge on any atom is -0.373 e. The average molecular weight is 287 g/mol. The number of amides is 1. The summed E-state index contributed by atoms with van der Waals surface area (Å²) in [6.07, 6.45) is 4.43. The van der Waals surface area contributed by atoms with E-state index in [-0.39, 0.29) is 11.9 Å². The van der Waals surface area contributed by atoms with E-state index in [1.807, 2.05) is 6.07 Å². The minimum atomic E-state index is -0.0920. The quantitative estimate of drug-likeness (QED) is 0.890. The zero-order valence-corrected chi connectivity index (χ0v) is 12.8. The maximum absolute atomic E-state index is 12.3. The lowest BCUT2D eigenvalue weighted by Gasteiger charge is -2.28. The van der Waals surface area contributed by atoms with E-state index < -0.39 is 0 Å². The second-order valence-electron chi connectivity index (χ2n) is 6.23. The molecule has 2 atom stereocenters. The lowest BCUT2D eigenvalue weighted by molar-refractivity contribution is -0.122. The highest BCUT2D eigenvalue weighted by Crippen LogP contribution is 2.24. The third kappa shape index (κ3) is 3.38. The van der Waals surface area contributed by atoms with Gasteiger partial charge >= 0.3 is 0 Å². The van der Waals surface area contributed by atoms with Crippen LogP contribution in [0.1, 0.15) is 31.7 Å². The van der Waals surface area contributed by atoms with Gasteiger partial charge in [0, 0.05) is 18.3 Å². The number of anilines is 1. The number of benzene rings is 1. The molecule has 1 amide bonds. The number of nitrogens with zero attached hydrogens (tertiary/aromatic N) is 1. The van der Waals surface area contributed by atoms with E-state index in [4.69, 9.17) is 0 Å². The van der Waals surface area contributed by atoms with Gasteiger partial charge in [0.2, 0.25) is 5.91 Å². The Morgan fingerprint density at radius 1 is 1.38 bits per heavy atom. The molecule has 3 rings (SSSR count). The Balaban J connectivity index is 1.50. The largest absolute Gasteiger partial charge is 0.373 e. The standard InChI is InChI=1S/C17H25N3O/c1-13(20-10-4-5-11-20)12-18-17(21)16-9-8-14-6-2-3-7-15(14)19-16/h2-3,6-7,13,16,19H,4-5,8-12H2,1H3,(H,18,21). The number of para-hydroxylation sites is 1. The normalized spacial score (nSPS) is 23.2. The number of hydrogen-bond donors (Lipinski definition) is 2. The predicted octanol–water partition coefficient (Wildman–Crippen LogP) is 2.01. The molecule has 0 aliphatic carbocycles. The Hall–Kier alpha value is -1.55. The topological polar surface area (TPSA) is 44.4 Å². The number of rotatable bonds is 4. The molecular formula is C17H25N3O. The first-order valence-corrected chi connectivity index (χ1v) is 8.10. The van der Waals surface area contributed by atoms with Gasteiger partial charge in [-0.15, -0.1) is 0 Å². The van der Waals surface area contributed by atoms with Gasteiger partial charge in [-0.3, -0.25) is 9.69 Å². The first-order valence-electron chi connectivity index (χ1n) is 8.10. The zero-order valence-electron chi connectivity index (χ0n) is 12.8. The molecule has 2 N–H and O–H groups in total. The highest BCUT2D eigenvalue weighted by molar-refractivity contribution is 5.85. The summed E-state index contributed by atoms with van der Waals surface area (Å²) in [7, 11) is 0. The van der Waals surface area contributed by atoms with E-state index in [0.29, 0.717) is 6.04 Å². The minimum absolute atomic E-state index is 0.0920. The molecule has 0 aromatic heterocycles. The van der Waals surface area contributed by atoms with Gasteiger partial charge in [-0.25, -0.2) is 0 Å². The molecule has 0 radical (unpaired) electrons. The Bertz CT molecular complexity index is 497. The first-order chi connectivity index (χ1) is 10.2. The van der Waals surface area contributed by atoms with Crippen LogP contribution in [0.25, 0.3) is 0 Å². The monoisotopic (exact) mass is 287 g/mol. The second-order valence-corrected chi connectivity index (χ2v) is 6.23. The number of fused-ring (bicyclic) bond motifs is 1. The van der Waals surface area contributed by atoms with Gasteiger partial charge in [-0.1, -0.05) is 18.2 Å². The van der Waals surface area contributed by atoms with Crippen molar-refractivity contribution in [3.8, 4) is 0 Å². The summed E-state index contributed by atoms with van der Waals surface area (Å²) >= 11 is 0. The van der Waals surface area contributed by atoms with Gasteiger partial charge in [-0.05, 0) is 57.3 Å². The summed E-state index contributed by atoms with van der Waals surface area (Å²) in [6, 6.07) is 8.60. The van der Waals surface area contributed by atoms with Crippen LogP contribution < -0.4 is 10.6 Å². The number of hydrogen-bond acceptors (Lipinski definition) is 3. The fourth-order valence-electron chi connectivity index (χ4n) is 3.32. The summed E-state index contributed by atoms with van der Waals surface area (Å²) in [5.41, 5.74) is 2.42. The number of aryl methyl sites for hydroxylation is 1. The maximum atomic E-state index is 12.3. The van der Waals surface area contributed by atoms with Gasteiger partial charge in [-0.2, -0.15) is 0 Å². The van der Waals surface area contributed by atoms with Crippen molar-refractivity contribution >= 4 is 11.6 Å². The molecule has 4 heteroatoms. The van der Waals surface area contributed by atoms with Crippen molar-refractivity contribution in [1.82, 2.24) is 10.2 Å². The number of likely N-dealkylation sites (tertiary alicyclic amines) is 1. The molecule has 2 heterocycles. The van der Waals surface area contributed by atoms with E-state index in [0.717, 1.165) is 25.1 Å². The highest BCUT2D eigenvalue weighted by Gasteiger charge is 2.24. The predicted molar refractivity (Wildman–Crippen MR) is 85.5 cm³/mol. The van der Waals surface area contributed by atoms with Crippen LogP contribution in [0.15, 0.2) is 24.3 Å². The summed E-state index contributed by atoms with van der Waals surface area (Å²) in [5.74, 6) is 0.135. The van der Waals surface area contributed by atoms with Crippen LogP contribution in [0.2, 0.25) is 0 Å². The molecule has 4 nitrogen and oxygen atoms in total. The molecular weight excluding hydrogens is 262 g/mol. The summed E-state index contributed by atoms with van der Waals surface area (Å²) in [4.78, 5) is 14.8. The molecule has 2 aliphatic rings. The number of carbonyl (C=O) groups excluding carboxylic acids is 1. The summed E-state index contributed by atoms with van der Waals surface area (Å²) in [6.45, 7) is 5.30. The zero-order chi connectivity index (χ0) is 14.7. The van der Waals surface area contributed by atoms with E-state index in [1.54, 1.807) is 0 Å². The van der Waals surface area contributed by atoms with Crippen molar-refractivity contribution < 1.29 is 4.79 Å². The molecule has 0 bridgehead atoms. The van der Waals surface area contributed by atoms with Gasteiger partial charge in [0.1, 0.15) is 6.04 Å². The van der Waals surface area contributed by atoms with Gasteiger partial charge in [0.25, 0.3) is 0 Å². The maximum Gasteiger partial charge on any atom is 0.242 e. The van der Waals surface area contributed by atoms with Crippen LogP contribution in [-0.2, 0) is 11.2 Å². The number of carbonyl (C=O) groups is 1. The van der Waals surface area contributed by atoms with Crippen molar-refractivity contribution in [2.45, 2.75) is 44.7 Å². The Labute approximate surface area is 126 Å². The van der Waals surface area contributed by atoms with Crippen molar-refractivity contribution in [3.63, 3.8) is 0 Å². The van der Waals surface area contributed by atoms with Crippen LogP contribution in [-0.4, -0.2) is 42.5 Å². The smallest absolute Gasteiger partial charge is 0.242 e. The van der Waals surface area contributed by atoms with Crippen LogP contribution in [0, 0.1) is 0 Å². The van der Waals surface area contributed by atoms with Gasteiger partial charge in [0.05, 0.1) is 0 Å². The second kappa shape index (κ2) is 6.48. The fraction of sp³-hybridized carbons (Fsp3) is 0.588. The van der Waals surface area contributed by atoms with E-state index in [9.17, 15) is 4.79 Å². The molecule has 1 aromatic carbocycles.